The highest BCUT2D eigenvalue weighted by atomic mass is 16.6. The number of hydrogen-bond acceptors (Lipinski definition) is 3. The van der Waals surface area contributed by atoms with Gasteiger partial charge in [-0.25, -0.2) is 0 Å². The molecule has 5 aromatic carbocycles. The number of anilines is 3. The average Bonchev–Trinajstić information content (AvgIpc) is 2.99. The lowest BCUT2D eigenvalue weighted by Gasteiger charge is -2.26. The lowest BCUT2D eigenvalue weighted by atomic mass is 9.95. The molecule has 5 rings (SSSR count). The zero-order valence-electron chi connectivity index (χ0n) is 21.9. The number of hydrogen-bond donors (Lipinski definition) is 1. The molecule has 0 aliphatic heterocycles. The summed E-state index contributed by atoms with van der Waals surface area (Å²) in [5.74, 6) is 0.574. The van der Waals surface area contributed by atoms with E-state index in [-0.39, 0.29) is 0 Å². The molecule has 1 atom stereocenters. The summed E-state index contributed by atoms with van der Waals surface area (Å²) in [5, 5.41) is 9.75. The highest BCUT2D eigenvalue weighted by Gasteiger charge is 2.13. The van der Waals surface area contributed by atoms with Crippen molar-refractivity contribution in [2.75, 3.05) is 4.90 Å². The molecule has 0 spiro atoms. The van der Waals surface area contributed by atoms with E-state index in [1.165, 1.54) is 28.3 Å². The summed E-state index contributed by atoms with van der Waals surface area (Å²) in [5.41, 5.74) is 8.93. The Morgan fingerprint density at radius 1 is 0.667 bits per heavy atom. The number of benzene rings is 5. The Hall–Kier alpha value is -4.86. The van der Waals surface area contributed by atoms with E-state index in [0.29, 0.717) is 5.75 Å². The predicted molar refractivity (Wildman–Crippen MR) is 163 cm³/mol. The van der Waals surface area contributed by atoms with Crippen LogP contribution >= 0.6 is 0 Å². The topological polar surface area (TPSA) is 32.7 Å². The molecular weight excluding hydrogens is 478 g/mol. The number of ether oxygens (including phenoxy) is 1. The second kappa shape index (κ2) is 12.1. The summed E-state index contributed by atoms with van der Waals surface area (Å²) in [6, 6.07) is 45.7. The van der Waals surface area contributed by atoms with Gasteiger partial charge < -0.3 is 14.7 Å². The standard InChI is InChI=1S/C36H31NO2/c1-3-36(38)39-34-24-22-33(23-25-34)37(31-18-14-27(2)15-19-31)32-20-16-28(17-21-32)26-35(29-10-6-4-7-11-29)30-12-8-5-9-13-30/h3-26,36,38H,1H2,2H3. The minimum Gasteiger partial charge on any atom is -0.461 e. The number of rotatable bonds is 9. The van der Waals surface area contributed by atoms with Gasteiger partial charge in [-0.1, -0.05) is 97.1 Å². The van der Waals surface area contributed by atoms with Crippen molar-refractivity contribution in [3.8, 4) is 5.75 Å². The van der Waals surface area contributed by atoms with E-state index in [0.717, 1.165) is 22.6 Å². The lowest BCUT2D eigenvalue weighted by Crippen LogP contribution is -2.12. The fourth-order valence-electron chi connectivity index (χ4n) is 4.46. The number of aryl methyl sites for hydroxylation is 1. The summed E-state index contributed by atoms with van der Waals surface area (Å²) in [6.45, 7) is 5.65. The predicted octanol–water partition coefficient (Wildman–Crippen LogP) is 8.94. The SMILES string of the molecule is C=CC(O)Oc1ccc(N(c2ccc(C)cc2)c2ccc(C=C(c3ccccc3)c3ccccc3)cc2)cc1. The number of aliphatic hydroxyl groups excluding tert-OH is 1. The molecule has 0 aromatic heterocycles. The quantitative estimate of drug-likeness (QED) is 0.122. The molecule has 0 bridgehead atoms. The fraction of sp³-hybridized carbons (Fsp3) is 0.0556. The van der Waals surface area contributed by atoms with Crippen molar-refractivity contribution in [1.82, 2.24) is 0 Å². The van der Waals surface area contributed by atoms with E-state index >= 15 is 0 Å². The molecule has 192 valence electrons. The van der Waals surface area contributed by atoms with Crippen molar-refractivity contribution in [1.29, 1.82) is 0 Å². The van der Waals surface area contributed by atoms with Crippen LogP contribution in [0.15, 0.2) is 146 Å². The Labute approximate surface area is 230 Å². The molecule has 0 radical (unpaired) electrons. The Kier molecular flexibility index (Phi) is 8.01. The third kappa shape index (κ3) is 6.35. The van der Waals surface area contributed by atoms with Gasteiger partial charge in [0, 0.05) is 17.1 Å². The minimum atomic E-state index is -1.04. The van der Waals surface area contributed by atoms with Crippen LogP contribution in [-0.2, 0) is 0 Å². The van der Waals surface area contributed by atoms with E-state index in [9.17, 15) is 5.11 Å². The van der Waals surface area contributed by atoms with E-state index < -0.39 is 6.29 Å². The Morgan fingerprint density at radius 3 is 1.62 bits per heavy atom. The third-order valence-electron chi connectivity index (χ3n) is 6.48. The summed E-state index contributed by atoms with van der Waals surface area (Å²) in [6.07, 6.45) is 2.55. The van der Waals surface area contributed by atoms with Crippen LogP contribution in [0.4, 0.5) is 17.1 Å². The molecular formula is C36H31NO2. The zero-order chi connectivity index (χ0) is 27.0. The summed E-state index contributed by atoms with van der Waals surface area (Å²) < 4.78 is 5.46. The highest BCUT2D eigenvalue weighted by Crippen LogP contribution is 2.36. The fourth-order valence-corrected chi connectivity index (χ4v) is 4.46. The number of nitrogens with zero attached hydrogens (tertiary/aromatic N) is 1. The number of aliphatic hydroxyl groups is 1. The molecule has 0 aliphatic carbocycles. The molecule has 1 N–H and O–H groups in total. The van der Waals surface area contributed by atoms with Crippen molar-refractivity contribution in [3.63, 3.8) is 0 Å². The summed E-state index contributed by atoms with van der Waals surface area (Å²) in [7, 11) is 0. The second-order valence-corrected chi connectivity index (χ2v) is 9.29. The van der Waals surface area contributed by atoms with Crippen LogP contribution < -0.4 is 9.64 Å². The van der Waals surface area contributed by atoms with Gasteiger partial charge in [-0.05, 0) is 89.9 Å². The Morgan fingerprint density at radius 2 is 1.13 bits per heavy atom. The molecule has 0 amide bonds. The zero-order valence-corrected chi connectivity index (χ0v) is 21.9. The minimum absolute atomic E-state index is 0.574. The average molecular weight is 510 g/mol. The van der Waals surface area contributed by atoms with Gasteiger partial charge in [-0.2, -0.15) is 0 Å². The molecule has 0 aliphatic rings. The van der Waals surface area contributed by atoms with Crippen LogP contribution in [0.25, 0.3) is 11.6 Å². The van der Waals surface area contributed by atoms with Gasteiger partial charge in [-0.15, -0.1) is 0 Å². The van der Waals surface area contributed by atoms with Gasteiger partial charge in [0.2, 0.25) is 6.29 Å². The molecule has 0 fully saturated rings. The van der Waals surface area contributed by atoms with Crippen molar-refractivity contribution >= 4 is 28.7 Å². The monoisotopic (exact) mass is 509 g/mol. The largest absolute Gasteiger partial charge is 0.461 e. The van der Waals surface area contributed by atoms with Crippen molar-refractivity contribution in [3.05, 3.63) is 168 Å². The molecule has 0 heterocycles. The van der Waals surface area contributed by atoms with E-state index in [2.05, 4.69) is 122 Å². The highest BCUT2D eigenvalue weighted by molar-refractivity contribution is 5.91. The van der Waals surface area contributed by atoms with Crippen LogP contribution in [0.5, 0.6) is 5.75 Å². The maximum Gasteiger partial charge on any atom is 0.216 e. The van der Waals surface area contributed by atoms with Crippen molar-refractivity contribution < 1.29 is 9.84 Å². The molecule has 0 saturated heterocycles. The van der Waals surface area contributed by atoms with Crippen LogP contribution in [0.2, 0.25) is 0 Å². The third-order valence-corrected chi connectivity index (χ3v) is 6.48. The molecule has 39 heavy (non-hydrogen) atoms. The van der Waals surface area contributed by atoms with E-state index in [1.807, 2.05) is 36.4 Å². The van der Waals surface area contributed by atoms with Gasteiger partial charge in [0.05, 0.1) is 0 Å². The first kappa shape index (κ1) is 25.8. The first-order valence-electron chi connectivity index (χ1n) is 13.0. The summed E-state index contributed by atoms with van der Waals surface area (Å²) in [4.78, 5) is 2.20. The molecule has 3 nitrogen and oxygen atoms in total. The molecule has 5 aromatic rings. The first-order valence-corrected chi connectivity index (χ1v) is 13.0. The van der Waals surface area contributed by atoms with Gasteiger partial charge in [0.25, 0.3) is 0 Å². The van der Waals surface area contributed by atoms with Crippen LogP contribution in [0.3, 0.4) is 0 Å². The van der Waals surface area contributed by atoms with E-state index in [4.69, 9.17) is 4.74 Å². The molecule has 0 saturated carbocycles. The smallest absolute Gasteiger partial charge is 0.216 e. The maximum absolute atomic E-state index is 9.75. The Balaban J connectivity index is 1.51. The van der Waals surface area contributed by atoms with Crippen molar-refractivity contribution in [2.45, 2.75) is 13.2 Å². The van der Waals surface area contributed by atoms with Crippen molar-refractivity contribution in [2.24, 2.45) is 0 Å². The molecule has 1 unspecified atom stereocenters. The first-order chi connectivity index (χ1) is 19.1. The van der Waals surface area contributed by atoms with Gasteiger partial charge in [-0.3, -0.25) is 0 Å². The van der Waals surface area contributed by atoms with Crippen LogP contribution in [0, 0.1) is 6.92 Å². The summed E-state index contributed by atoms with van der Waals surface area (Å²) >= 11 is 0. The van der Waals surface area contributed by atoms with Gasteiger partial charge in [0.15, 0.2) is 0 Å². The Bertz CT molecular complexity index is 1480. The van der Waals surface area contributed by atoms with Crippen LogP contribution in [0.1, 0.15) is 22.3 Å². The second-order valence-electron chi connectivity index (χ2n) is 9.29. The lowest BCUT2D eigenvalue weighted by molar-refractivity contribution is 0.0251. The normalized spacial score (nSPS) is 11.3. The van der Waals surface area contributed by atoms with Gasteiger partial charge in [0.1, 0.15) is 5.75 Å². The van der Waals surface area contributed by atoms with Crippen LogP contribution in [-0.4, -0.2) is 11.4 Å². The molecule has 3 heteroatoms. The van der Waals surface area contributed by atoms with E-state index in [1.54, 1.807) is 0 Å². The van der Waals surface area contributed by atoms with Gasteiger partial charge >= 0.3 is 0 Å². The maximum atomic E-state index is 9.75.